The molecular formula is C19H27N7O2. The Kier molecular flexibility index (Phi) is 6.25. The summed E-state index contributed by atoms with van der Waals surface area (Å²) in [4.78, 5) is 22.2. The molecule has 0 radical (unpaired) electrons. The smallest absolute Gasteiger partial charge is 0.294 e. The standard InChI is InChI=1S/C19H27N7O2/c1-3-4-5-13-11-18(25-9-8-15(12-25)21-2)24-19(22-13)23-14-6-7-16(20)17(10-14)26(27)28/h6-7,10-11,15,21H,3-5,8-9,12,20H2,1-2H3,(H,22,23,24)/t15-/m0/s1. The quantitative estimate of drug-likeness (QED) is 0.360. The van der Waals surface area contributed by atoms with Crippen molar-refractivity contribution >= 4 is 28.8 Å². The molecule has 1 fully saturated rings. The first-order valence-corrected chi connectivity index (χ1v) is 9.61. The highest BCUT2D eigenvalue weighted by atomic mass is 16.6. The van der Waals surface area contributed by atoms with Crippen LogP contribution in [0.1, 0.15) is 31.9 Å². The zero-order valence-corrected chi connectivity index (χ0v) is 16.3. The van der Waals surface area contributed by atoms with E-state index in [4.69, 9.17) is 5.73 Å². The Bertz CT molecular complexity index is 843. The summed E-state index contributed by atoms with van der Waals surface area (Å²) in [6.45, 7) is 3.97. The van der Waals surface area contributed by atoms with Crippen LogP contribution in [-0.2, 0) is 6.42 Å². The molecule has 0 saturated carbocycles. The van der Waals surface area contributed by atoms with Crippen molar-refractivity contribution in [1.82, 2.24) is 15.3 Å². The number of nitrogens with zero attached hydrogens (tertiary/aromatic N) is 4. The van der Waals surface area contributed by atoms with Crippen LogP contribution in [0.5, 0.6) is 0 Å². The van der Waals surface area contributed by atoms with Gasteiger partial charge in [0.25, 0.3) is 5.69 Å². The Morgan fingerprint density at radius 1 is 1.36 bits per heavy atom. The Labute approximate surface area is 164 Å². The van der Waals surface area contributed by atoms with E-state index >= 15 is 0 Å². The molecule has 1 aliphatic heterocycles. The summed E-state index contributed by atoms with van der Waals surface area (Å²) in [5, 5.41) is 17.6. The number of nitro benzene ring substituents is 1. The normalized spacial score (nSPS) is 16.4. The highest BCUT2D eigenvalue weighted by Gasteiger charge is 2.23. The number of nitrogens with one attached hydrogen (secondary N) is 2. The summed E-state index contributed by atoms with van der Waals surface area (Å²) in [5.74, 6) is 1.32. The number of benzene rings is 1. The Balaban J connectivity index is 1.88. The lowest BCUT2D eigenvalue weighted by atomic mass is 10.2. The van der Waals surface area contributed by atoms with Gasteiger partial charge in [0.1, 0.15) is 11.5 Å². The molecule has 1 aliphatic rings. The van der Waals surface area contributed by atoms with Crippen LogP contribution in [0.2, 0.25) is 0 Å². The van der Waals surface area contributed by atoms with Crippen molar-refractivity contribution in [3.63, 3.8) is 0 Å². The van der Waals surface area contributed by atoms with Gasteiger partial charge in [-0.3, -0.25) is 10.1 Å². The summed E-state index contributed by atoms with van der Waals surface area (Å²) in [7, 11) is 1.97. The number of nitrogen functional groups attached to an aromatic ring is 1. The zero-order valence-electron chi connectivity index (χ0n) is 16.3. The van der Waals surface area contributed by atoms with E-state index in [2.05, 4.69) is 32.4 Å². The van der Waals surface area contributed by atoms with Gasteiger partial charge >= 0.3 is 0 Å². The van der Waals surface area contributed by atoms with E-state index in [1.165, 1.54) is 12.1 Å². The first-order valence-electron chi connectivity index (χ1n) is 9.61. The Hall–Kier alpha value is -2.94. The molecule has 9 heteroatoms. The zero-order chi connectivity index (χ0) is 20.1. The lowest BCUT2D eigenvalue weighted by Crippen LogP contribution is -2.30. The average Bonchev–Trinajstić information content (AvgIpc) is 3.17. The van der Waals surface area contributed by atoms with Crippen LogP contribution in [0, 0.1) is 10.1 Å². The van der Waals surface area contributed by atoms with E-state index in [0.717, 1.165) is 50.3 Å². The Morgan fingerprint density at radius 2 is 2.18 bits per heavy atom. The van der Waals surface area contributed by atoms with Crippen molar-refractivity contribution in [3.05, 3.63) is 40.1 Å². The minimum atomic E-state index is -0.493. The molecule has 1 saturated heterocycles. The molecule has 9 nitrogen and oxygen atoms in total. The third-order valence-electron chi connectivity index (χ3n) is 4.96. The molecule has 0 bridgehead atoms. The number of likely N-dealkylation sites (N-methyl/N-ethyl adjacent to an activating group) is 1. The lowest BCUT2D eigenvalue weighted by Gasteiger charge is -2.19. The maximum absolute atomic E-state index is 11.1. The molecule has 2 heterocycles. The molecule has 150 valence electrons. The second kappa shape index (κ2) is 8.83. The molecule has 0 unspecified atom stereocenters. The van der Waals surface area contributed by atoms with Gasteiger partial charge < -0.3 is 21.3 Å². The monoisotopic (exact) mass is 385 g/mol. The van der Waals surface area contributed by atoms with Crippen LogP contribution in [-0.4, -0.2) is 41.1 Å². The van der Waals surface area contributed by atoms with E-state index in [0.29, 0.717) is 17.7 Å². The lowest BCUT2D eigenvalue weighted by molar-refractivity contribution is -0.383. The third-order valence-corrected chi connectivity index (χ3v) is 4.96. The molecule has 0 spiro atoms. The van der Waals surface area contributed by atoms with Crippen molar-refractivity contribution in [2.45, 2.75) is 38.6 Å². The minimum Gasteiger partial charge on any atom is -0.393 e. The van der Waals surface area contributed by atoms with Gasteiger partial charge in [-0.15, -0.1) is 0 Å². The molecule has 1 aromatic heterocycles. The molecule has 3 rings (SSSR count). The number of nitrogens with two attached hydrogens (primary N) is 1. The van der Waals surface area contributed by atoms with Crippen molar-refractivity contribution in [1.29, 1.82) is 0 Å². The number of anilines is 4. The summed E-state index contributed by atoms with van der Waals surface area (Å²) in [6.07, 6.45) is 4.06. The summed E-state index contributed by atoms with van der Waals surface area (Å²) in [6, 6.07) is 7.11. The largest absolute Gasteiger partial charge is 0.393 e. The van der Waals surface area contributed by atoms with Gasteiger partial charge in [0, 0.05) is 42.6 Å². The fourth-order valence-corrected chi connectivity index (χ4v) is 3.30. The number of rotatable bonds is 8. The molecule has 0 aliphatic carbocycles. The van der Waals surface area contributed by atoms with Crippen molar-refractivity contribution in [2.24, 2.45) is 0 Å². The molecular weight excluding hydrogens is 358 g/mol. The number of unbranched alkanes of at least 4 members (excludes halogenated alkanes) is 1. The van der Waals surface area contributed by atoms with E-state index < -0.39 is 4.92 Å². The number of aromatic nitrogens is 2. The van der Waals surface area contributed by atoms with E-state index in [-0.39, 0.29) is 11.4 Å². The van der Waals surface area contributed by atoms with Crippen LogP contribution < -0.4 is 21.3 Å². The number of aryl methyl sites for hydroxylation is 1. The van der Waals surface area contributed by atoms with Crippen LogP contribution in [0.25, 0.3) is 0 Å². The first kappa shape index (κ1) is 19.8. The predicted octanol–water partition coefficient (Wildman–Crippen LogP) is 2.85. The van der Waals surface area contributed by atoms with E-state index in [1.54, 1.807) is 6.07 Å². The minimum absolute atomic E-state index is 0.129. The van der Waals surface area contributed by atoms with Gasteiger partial charge in [-0.2, -0.15) is 4.98 Å². The molecule has 4 N–H and O–H groups in total. The van der Waals surface area contributed by atoms with Gasteiger partial charge in [0.05, 0.1) is 4.92 Å². The number of nitro groups is 1. The second-order valence-electron chi connectivity index (χ2n) is 7.02. The molecule has 2 aromatic rings. The van der Waals surface area contributed by atoms with Crippen molar-refractivity contribution in [3.8, 4) is 0 Å². The van der Waals surface area contributed by atoms with Gasteiger partial charge in [-0.05, 0) is 38.4 Å². The fourth-order valence-electron chi connectivity index (χ4n) is 3.30. The second-order valence-corrected chi connectivity index (χ2v) is 7.02. The maximum atomic E-state index is 11.1. The molecule has 0 amide bonds. The predicted molar refractivity (Wildman–Crippen MR) is 111 cm³/mol. The third kappa shape index (κ3) is 4.66. The maximum Gasteiger partial charge on any atom is 0.294 e. The summed E-state index contributed by atoms with van der Waals surface area (Å²) >= 11 is 0. The van der Waals surface area contributed by atoms with Crippen molar-refractivity contribution < 1.29 is 4.92 Å². The number of hydrogen-bond donors (Lipinski definition) is 3. The average molecular weight is 385 g/mol. The van der Waals surface area contributed by atoms with Gasteiger partial charge in [0.15, 0.2) is 0 Å². The number of hydrogen-bond acceptors (Lipinski definition) is 8. The van der Waals surface area contributed by atoms with Gasteiger partial charge in [0.2, 0.25) is 5.95 Å². The van der Waals surface area contributed by atoms with E-state index in [9.17, 15) is 10.1 Å². The van der Waals surface area contributed by atoms with E-state index in [1.807, 2.05) is 13.1 Å². The highest BCUT2D eigenvalue weighted by Crippen LogP contribution is 2.27. The molecule has 1 atom stereocenters. The highest BCUT2D eigenvalue weighted by molar-refractivity contribution is 5.68. The molecule has 28 heavy (non-hydrogen) atoms. The Morgan fingerprint density at radius 3 is 2.86 bits per heavy atom. The van der Waals surface area contributed by atoms with Gasteiger partial charge in [-0.1, -0.05) is 13.3 Å². The van der Waals surface area contributed by atoms with Crippen molar-refractivity contribution in [2.75, 3.05) is 36.1 Å². The van der Waals surface area contributed by atoms with Gasteiger partial charge in [-0.25, -0.2) is 4.98 Å². The first-order chi connectivity index (χ1) is 13.5. The SMILES string of the molecule is CCCCc1cc(N2CC[C@H](NC)C2)nc(Nc2ccc(N)c([N+](=O)[O-])c2)n1. The fraction of sp³-hybridized carbons (Fsp3) is 0.474. The summed E-state index contributed by atoms with van der Waals surface area (Å²) < 4.78 is 0. The van der Waals surface area contributed by atoms with Crippen LogP contribution in [0.15, 0.2) is 24.3 Å². The summed E-state index contributed by atoms with van der Waals surface area (Å²) in [5.41, 5.74) is 7.18. The van der Waals surface area contributed by atoms with Crippen LogP contribution in [0.3, 0.4) is 0 Å². The topological polar surface area (TPSA) is 122 Å². The van der Waals surface area contributed by atoms with Crippen LogP contribution in [0.4, 0.5) is 28.8 Å². The van der Waals surface area contributed by atoms with Crippen LogP contribution >= 0.6 is 0 Å². The molecule has 1 aromatic carbocycles.